The molecule has 4 nitrogen and oxygen atoms in total. The van der Waals surface area contributed by atoms with Crippen molar-refractivity contribution >= 4 is 6.03 Å². The first-order valence-electron chi connectivity index (χ1n) is 5.39. The van der Waals surface area contributed by atoms with E-state index >= 15 is 0 Å². The maximum Gasteiger partial charge on any atom is 0.317 e. The van der Waals surface area contributed by atoms with Gasteiger partial charge in [0.1, 0.15) is 0 Å². The van der Waals surface area contributed by atoms with E-state index in [1.165, 1.54) is 0 Å². The third-order valence-electron chi connectivity index (χ3n) is 2.78. The molecule has 2 amide bonds. The van der Waals surface area contributed by atoms with Gasteiger partial charge in [-0.15, -0.1) is 0 Å². The Kier molecular flexibility index (Phi) is 3.41. The highest BCUT2D eigenvalue weighted by molar-refractivity contribution is 5.76. The van der Waals surface area contributed by atoms with Crippen molar-refractivity contribution in [1.29, 1.82) is 0 Å². The standard InChI is InChI=1S/C12H16N2O2/c1-14-11(7-13-12(14)15)9-16-8-10-5-3-2-4-6-10/h2-6,11H,7-9H2,1H3,(H,13,15). The zero-order valence-corrected chi connectivity index (χ0v) is 9.35. The maximum absolute atomic E-state index is 11.2. The first-order chi connectivity index (χ1) is 7.77. The molecule has 16 heavy (non-hydrogen) atoms. The van der Waals surface area contributed by atoms with Gasteiger partial charge in [-0.3, -0.25) is 0 Å². The lowest BCUT2D eigenvalue weighted by atomic mass is 10.2. The third-order valence-corrected chi connectivity index (χ3v) is 2.78. The smallest absolute Gasteiger partial charge is 0.317 e. The van der Waals surface area contributed by atoms with Crippen molar-refractivity contribution < 1.29 is 9.53 Å². The summed E-state index contributed by atoms with van der Waals surface area (Å²) in [5.41, 5.74) is 1.16. The molecule has 0 bridgehead atoms. The molecular weight excluding hydrogens is 204 g/mol. The minimum Gasteiger partial charge on any atom is -0.375 e. The minimum atomic E-state index is -0.0201. The van der Waals surface area contributed by atoms with Crippen molar-refractivity contribution in [2.45, 2.75) is 12.6 Å². The van der Waals surface area contributed by atoms with Gasteiger partial charge in [-0.2, -0.15) is 0 Å². The molecule has 0 aliphatic carbocycles. The fraction of sp³-hybridized carbons (Fsp3) is 0.417. The van der Waals surface area contributed by atoms with Gasteiger partial charge in [0.2, 0.25) is 0 Å². The maximum atomic E-state index is 11.2. The van der Waals surface area contributed by atoms with Gasteiger partial charge in [0.25, 0.3) is 0 Å². The van der Waals surface area contributed by atoms with E-state index in [-0.39, 0.29) is 12.1 Å². The minimum absolute atomic E-state index is 0.0201. The molecule has 2 rings (SSSR count). The van der Waals surface area contributed by atoms with Crippen LogP contribution in [0.25, 0.3) is 0 Å². The number of nitrogens with one attached hydrogen (secondary N) is 1. The van der Waals surface area contributed by atoms with E-state index < -0.39 is 0 Å². The fourth-order valence-electron chi connectivity index (χ4n) is 1.69. The zero-order valence-electron chi connectivity index (χ0n) is 9.35. The lowest BCUT2D eigenvalue weighted by Gasteiger charge is -2.17. The highest BCUT2D eigenvalue weighted by atomic mass is 16.5. The van der Waals surface area contributed by atoms with Crippen molar-refractivity contribution in [3.05, 3.63) is 35.9 Å². The Morgan fingerprint density at radius 3 is 2.81 bits per heavy atom. The summed E-state index contributed by atoms with van der Waals surface area (Å²) < 4.78 is 5.59. The lowest BCUT2D eigenvalue weighted by molar-refractivity contribution is 0.0831. The van der Waals surface area contributed by atoms with Gasteiger partial charge in [0.15, 0.2) is 0 Å². The van der Waals surface area contributed by atoms with Crippen LogP contribution >= 0.6 is 0 Å². The molecule has 0 saturated carbocycles. The van der Waals surface area contributed by atoms with Crippen molar-refractivity contribution in [1.82, 2.24) is 10.2 Å². The molecule has 1 aliphatic heterocycles. The SMILES string of the molecule is CN1C(=O)NCC1COCc1ccccc1. The van der Waals surface area contributed by atoms with Crippen LogP contribution in [0.1, 0.15) is 5.56 Å². The number of amides is 2. The number of urea groups is 1. The van der Waals surface area contributed by atoms with Crippen LogP contribution in [-0.4, -0.2) is 37.2 Å². The quantitative estimate of drug-likeness (QED) is 0.829. The molecule has 0 radical (unpaired) electrons. The zero-order chi connectivity index (χ0) is 11.4. The molecule has 1 aromatic rings. The molecule has 1 aromatic carbocycles. The number of rotatable bonds is 4. The topological polar surface area (TPSA) is 41.6 Å². The van der Waals surface area contributed by atoms with E-state index in [0.29, 0.717) is 19.8 Å². The third kappa shape index (κ3) is 2.52. The average molecular weight is 220 g/mol. The van der Waals surface area contributed by atoms with E-state index in [2.05, 4.69) is 5.32 Å². The monoisotopic (exact) mass is 220 g/mol. The predicted molar refractivity (Wildman–Crippen MR) is 61.0 cm³/mol. The number of carbonyl (C=O) groups is 1. The number of carbonyl (C=O) groups excluding carboxylic acids is 1. The Labute approximate surface area is 95.2 Å². The number of benzene rings is 1. The Balaban J connectivity index is 1.75. The molecule has 1 saturated heterocycles. The van der Waals surface area contributed by atoms with Gasteiger partial charge < -0.3 is 15.0 Å². The van der Waals surface area contributed by atoms with Crippen molar-refractivity contribution in [2.24, 2.45) is 0 Å². The summed E-state index contributed by atoms with van der Waals surface area (Å²) in [6.45, 7) is 1.84. The number of likely N-dealkylation sites (N-methyl/N-ethyl adjacent to an activating group) is 1. The van der Waals surface area contributed by atoms with Crippen LogP contribution in [-0.2, 0) is 11.3 Å². The summed E-state index contributed by atoms with van der Waals surface area (Å²) in [4.78, 5) is 12.9. The van der Waals surface area contributed by atoms with Gasteiger partial charge in [-0.1, -0.05) is 30.3 Å². The summed E-state index contributed by atoms with van der Waals surface area (Å²) in [6, 6.07) is 10.2. The molecule has 86 valence electrons. The van der Waals surface area contributed by atoms with Crippen LogP contribution in [0.2, 0.25) is 0 Å². The Hall–Kier alpha value is -1.55. The summed E-state index contributed by atoms with van der Waals surface area (Å²) in [5.74, 6) is 0. The molecule has 1 heterocycles. The number of nitrogens with zero attached hydrogens (tertiary/aromatic N) is 1. The van der Waals surface area contributed by atoms with E-state index in [1.807, 2.05) is 30.3 Å². The van der Waals surface area contributed by atoms with Crippen molar-refractivity contribution in [2.75, 3.05) is 20.2 Å². The molecule has 0 aromatic heterocycles. The van der Waals surface area contributed by atoms with Gasteiger partial charge in [-0.25, -0.2) is 4.79 Å². The first kappa shape index (κ1) is 11.0. The first-order valence-corrected chi connectivity index (χ1v) is 5.39. The number of hydrogen-bond acceptors (Lipinski definition) is 2. The van der Waals surface area contributed by atoms with E-state index in [0.717, 1.165) is 5.56 Å². The summed E-state index contributed by atoms with van der Waals surface area (Å²) >= 11 is 0. The van der Waals surface area contributed by atoms with Crippen LogP contribution in [0.5, 0.6) is 0 Å². The molecule has 1 unspecified atom stereocenters. The van der Waals surface area contributed by atoms with Crippen LogP contribution in [0.4, 0.5) is 4.79 Å². The van der Waals surface area contributed by atoms with E-state index in [9.17, 15) is 4.79 Å². The van der Waals surface area contributed by atoms with E-state index in [1.54, 1.807) is 11.9 Å². The van der Waals surface area contributed by atoms with Crippen LogP contribution < -0.4 is 5.32 Å². The summed E-state index contributed by atoms with van der Waals surface area (Å²) in [7, 11) is 1.79. The Morgan fingerprint density at radius 2 is 2.19 bits per heavy atom. The van der Waals surface area contributed by atoms with Gasteiger partial charge >= 0.3 is 6.03 Å². The number of ether oxygens (including phenoxy) is 1. The second kappa shape index (κ2) is 4.99. The molecule has 0 spiro atoms. The molecule has 1 aliphatic rings. The van der Waals surface area contributed by atoms with Crippen LogP contribution in [0, 0.1) is 0 Å². The van der Waals surface area contributed by atoms with Crippen molar-refractivity contribution in [3.8, 4) is 0 Å². The van der Waals surface area contributed by atoms with Crippen LogP contribution in [0.15, 0.2) is 30.3 Å². The molecular formula is C12H16N2O2. The molecule has 1 atom stereocenters. The summed E-state index contributed by atoms with van der Waals surface area (Å²) in [6.07, 6.45) is 0. The highest BCUT2D eigenvalue weighted by Crippen LogP contribution is 2.06. The average Bonchev–Trinajstić information content (AvgIpc) is 2.62. The number of hydrogen-bond donors (Lipinski definition) is 1. The van der Waals surface area contributed by atoms with Gasteiger partial charge in [-0.05, 0) is 5.56 Å². The molecule has 1 N–H and O–H groups in total. The second-order valence-electron chi connectivity index (χ2n) is 3.95. The normalized spacial score (nSPS) is 19.9. The largest absolute Gasteiger partial charge is 0.375 e. The molecule has 1 fully saturated rings. The Morgan fingerprint density at radius 1 is 1.44 bits per heavy atom. The van der Waals surface area contributed by atoms with Gasteiger partial charge in [0.05, 0.1) is 19.3 Å². The molecule has 4 heteroatoms. The fourth-order valence-corrected chi connectivity index (χ4v) is 1.69. The highest BCUT2D eigenvalue weighted by Gasteiger charge is 2.26. The van der Waals surface area contributed by atoms with Gasteiger partial charge in [0, 0.05) is 13.6 Å². The van der Waals surface area contributed by atoms with E-state index in [4.69, 9.17) is 4.74 Å². The lowest BCUT2D eigenvalue weighted by Crippen LogP contribution is -2.33. The predicted octanol–water partition coefficient (Wildman–Crippen LogP) is 1.23. The second-order valence-corrected chi connectivity index (χ2v) is 3.95. The van der Waals surface area contributed by atoms with Crippen LogP contribution in [0.3, 0.4) is 0 Å². The summed E-state index contributed by atoms with van der Waals surface area (Å²) in [5, 5.41) is 2.78. The Bertz CT molecular complexity index is 353. The van der Waals surface area contributed by atoms with Crippen molar-refractivity contribution in [3.63, 3.8) is 0 Å².